The largest absolute Gasteiger partial charge is 0.336 e. The Balaban J connectivity index is 1.89. The third-order valence-corrected chi connectivity index (χ3v) is 4.55. The first-order valence-corrected chi connectivity index (χ1v) is 7.33. The van der Waals surface area contributed by atoms with E-state index in [0.717, 1.165) is 5.75 Å². The van der Waals surface area contributed by atoms with Crippen LogP contribution in [0.5, 0.6) is 0 Å². The van der Waals surface area contributed by atoms with Crippen molar-refractivity contribution in [3.63, 3.8) is 0 Å². The molecule has 0 aliphatic carbocycles. The number of nitriles is 1. The second kappa shape index (κ2) is 4.80. The lowest BCUT2D eigenvalue weighted by atomic mass is 10.0. The van der Waals surface area contributed by atoms with Crippen molar-refractivity contribution in [1.82, 2.24) is 15.5 Å². The van der Waals surface area contributed by atoms with Gasteiger partial charge in [0.25, 0.3) is 11.6 Å². The topological polar surface area (TPSA) is 91.8 Å². The fraction of sp³-hybridized carbons (Fsp3) is 0.385. The first-order chi connectivity index (χ1) is 9.63. The maximum atomic E-state index is 12.3. The molecule has 1 aliphatic heterocycles. The van der Waals surface area contributed by atoms with Crippen LogP contribution in [0.4, 0.5) is 0 Å². The Kier molecular flexibility index (Phi) is 3.10. The Morgan fingerprint density at radius 1 is 1.65 bits per heavy atom. The van der Waals surface area contributed by atoms with Gasteiger partial charge in [0.1, 0.15) is 5.54 Å². The van der Waals surface area contributed by atoms with Crippen molar-refractivity contribution >= 4 is 28.8 Å². The van der Waals surface area contributed by atoms with Crippen molar-refractivity contribution in [3.8, 4) is 6.07 Å². The standard InChI is InChI=1S/C13H12N4O2S/c1-8-10-4-9(5-15-12(10)19-17-8)11(18)16-13(6-14)2-3-20-7-13/h4-5H,2-3,7H2,1H3,(H,16,18)/t13-/m1/s1. The molecule has 20 heavy (non-hydrogen) atoms. The number of aromatic nitrogens is 2. The second-order valence-electron chi connectivity index (χ2n) is 4.80. The molecule has 1 saturated heterocycles. The Bertz CT molecular complexity index is 713. The lowest BCUT2D eigenvalue weighted by Crippen LogP contribution is -2.47. The minimum absolute atomic E-state index is 0.288. The lowest BCUT2D eigenvalue weighted by molar-refractivity contribution is 0.0926. The van der Waals surface area contributed by atoms with Gasteiger partial charge < -0.3 is 9.84 Å². The molecule has 6 nitrogen and oxygen atoms in total. The third kappa shape index (κ3) is 2.12. The van der Waals surface area contributed by atoms with Gasteiger partial charge in [-0.3, -0.25) is 4.79 Å². The number of rotatable bonds is 2. The molecule has 1 amide bonds. The SMILES string of the molecule is Cc1noc2ncc(C(=O)N[C@@]3(C#N)CCSC3)cc12. The zero-order chi connectivity index (χ0) is 14.2. The molecule has 1 fully saturated rings. The van der Waals surface area contributed by atoms with E-state index in [1.807, 2.05) is 0 Å². The Labute approximate surface area is 119 Å². The molecule has 7 heteroatoms. The molecule has 1 atom stereocenters. The van der Waals surface area contributed by atoms with Crippen LogP contribution >= 0.6 is 11.8 Å². The van der Waals surface area contributed by atoms with E-state index < -0.39 is 5.54 Å². The number of carbonyl (C=O) groups is 1. The number of hydrogen-bond acceptors (Lipinski definition) is 6. The second-order valence-corrected chi connectivity index (χ2v) is 5.90. The zero-order valence-electron chi connectivity index (χ0n) is 10.8. The monoisotopic (exact) mass is 288 g/mol. The van der Waals surface area contributed by atoms with Gasteiger partial charge in [-0.25, -0.2) is 4.98 Å². The Morgan fingerprint density at radius 2 is 2.50 bits per heavy atom. The van der Waals surface area contributed by atoms with Gasteiger partial charge in [0.05, 0.1) is 22.7 Å². The molecule has 0 aromatic carbocycles. The molecule has 0 unspecified atom stereocenters. The van der Waals surface area contributed by atoms with E-state index >= 15 is 0 Å². The van der Waals surface area contributed by atoms with Gasteiger partial charge in [-0.15, -0.1) is 0 Å². The zero-order valence-corrected chi connectivity index (χ0v) is 11.7. The van der Waals surface area contributed by atoms with Gasteiger partial charge in [-0.1, -0.05) is 5.16 Å². The fourth-order valence-electron chi connectivity index (χ4n) is 2.14. The molecule has 0 radical (unpaired) electrons. The highest BCUT2D eigenvalue weighted by Gasteiger charge is 2.36. The van der Waals surface area contributed by atoms with Crippen LogP contribution < -0.4 is 5.32 Å². The summed E-state index contributed by atoms with van der Waals surface area (Å²) >= 11 is 1.67. The predicted molar refractivity (Wildman–Crippen MR) is 74.3 cm³/mol. The molecule has 0 bridgehead atoms. The maximum Gasteiger partial charge on any atom is 0.257 e. The number of hydrogen-bond donors (Lipinski definition) is 1. The quantitative estimate of drug-likeness (QED) is 0.903. The Hall–Kier alpha value is -2.07. The number of nitrogens with one attached hydrogen (secondary N) is 1. The molecule has 3 rings (SSSR count). The minimum Gasteiger partial charge on any atom is -0.336 e. The first-order valence-electron chi connectivity index (χ1n) is 6.17. The summed E-state index contributed by atoms with van der Waals surface area (Å²) in [4.78, 5) is 16.3. The van der Waals surface area contributed by atoms with Crippen molar-refractivity contribution in [3.05, 3.63) is 23.5 Å². The van der Waals surface area contributed by atoms with Crippen LogP contribution in [0.25, 0.3) is 11.1 Å². The van der Waals surface area contributed by atoms with Crippen molar-refractivity contribution in [2.45, 2.75) is 18.9 Å². The van der Waals surface area contributed by atoms with Gasteiger partial charge in [-0.05, 0) is 25.2 Å². The summed E-state index contributed by atoms with van der Waals surface area (Å²) in [6, 6.07) is 3.91. The summed E-state index contributed by atoms with van der Waals surface area (Å²) in [5.74, 6) is 1.22. The molecule has 1 aliphatic rings. The van der Waals surface area contributed by atoms with E-state index in [4.69, 9.17) is 4.52 Å². The molecular weight excluding hydrogens is 276 g/mol. The smallest absolute Gasteiger partial charge is 0.257 e. The normalized spacial score (nSPS) is 21.8. The lowest BCUT2D eigenvalue weighted by Gasteiger charge is -2.20. The van der Waals surface area contributed by atoms with Gasteiger partial charge in [0.2, 0.25) is 0 Å². The molecular formula is C13H12N4O2S. The van der Waals surface area contributed by atoms with Crippen molar-refractivity contribution in [1.29, 1.82) is 5.26 Å². The van der Waals surface area contributed by atoms with Crippen molar-refractivity contribution in [2.75, 3.05) is 11.5 Å². The molecule has 1 N–H and O–H groups in total. The molecule has 3 heterocycles. The summed E-state index contributed by atoms with van der Waals surface area (Å²) in [6.45, 7) is 1.79. The number of aryl methyl sites for hydroxylation is 1. The average molecular weight is 288 g/mol. The number of pyridine rings is 1. The third-order valence-electron chi connectivity index (χ3n) is 3.36. The molecule has 0 spiro atoms. The highest BCUT2D eigenvalue weighted by Crippen LogP contribution is 2.27. The number of nitrogens with zero attached hydrogens (tertiary/aromatic N) is 3. The number of thioether (sulfide) groups is 1. The highest BCUT2D eigenvalue weighted by molar-refractivity contribution is 7.99. The van der Waals surface area contributed by atoms with Gasteiger partial charge in [-0.2, -0.15) is 17.0 Å². The number of amides is 1. The molecule has 102 valence electrons. The van der Waals surface area contributed by atoms with Crippen LogP contribution in [-0.4, -0.2) is 33.1 Å². The van der Waals surface area contributed by atoms with Gasteiger partial charge in [0, 0.05) is 11.9 Å². The average Bonchev–Trinajstić information content (AvgIpc) is 3.07. The maximum absolute atomic E-state index is 12.3. The van der Waals surface area contributed by atoms with Crippen LogP contribution in [-0.2, 0) is 0 Å². The van der Waals surface area contributed by atoms with E-state index in [1.165, 1.54) is 6.20 Å². The van der Waals surface area contributed by atoms with E-state index in [9.17, 15) is 10.1 Å². The van der Waals surface area contributed by atoms with Crippen LogP contribution in [0.1, 0.15) is 22.5 Å². The highest BCUT2D eigenvalue weighted by atomic mass is 32.2. The van der Waals surface area contributed by atoms with Crippen LogP contribution in [0.15, 0.2) is 16.8 Å². The van der Waals surface area contributed by atoms with E-state index in [2.05, 4.69) is 21.5 Å². The summed E-state index contributed by atoms with van der Waals surface area (Å²) < 4.78 is 5.01. The van der Waals surface area contributed by atoms with Gasteiger partial charge >= 0.3 is 0 Å². The van der Waals surface area contributed by atoms with E-state index in [0.29, 0.717) is 34.5 Å². The summed E-state index contributed by atoms with van der Waals surface area (Å²) in [5.41, 5.74) is 0.745. The summed E-state index contributed by atoms with van der Waals surface area (Å²) in [5, 5.41) is 16.6. The predicted octanol–water partition coefficient (Wildman–Crippen LogP) is 1.66. The minimum atomic E-state index is -0.763. The fourth-order valence-corrected chi connectivity index (χ4v) is 3.41. The van der Waals surface area contributed by atoms with Crippen molar-refractivity contribution < 1.29 is 9.32 Å². The van der Waals surface area contributed by atoms with Crippen LogP contribution in [0.3, 0.4) is 0 Å². The van der Waals surface area contributed by atoms with Crippen molar-refractivity contribution in [2.24, 2.45) is 0 Å². The number of fused-ring (bicyclic) bond motifs is 1. The summed E-state index contributed by atoms with van der Waals surface area (Å²) in [7, 11) is 0. The number of carbonyl (C=O) groups excluding carboxylic acids is 1. The summed E-state index contributed by atoms with van der Waals surface area (Å²) in [6.07, 6.45) is 2.11. The first kappa shape index (κ1) is 12.9. The Morgan fingerprint density at radius 3 is 3.20 bits per heavy atom. The van der Waals surface area contributed by atoms with E-state index in [-0.39, 0.29) is 5.91 Å². The van der Waals surface area contributed by atoms with E-state index in [1.54, 1.807) is 24.8 Å². The molecule has 2 aromatic rings. The molecule has 2 aromatic heterocycles. The van der Waals surface area contributed by atoms with Crippen LogP contribution in [0, 0.1) is 18.3 Å². The van der Waals surface area contributed by atoms with Gasteiger partial charge in [0.15, 0.2) is 0 Å². The van der Waals surface area contributed by atoms with Crippen LogP contribution in [0.2, 0.25) is 0 Å². The molecule has 0 saturated carbocycles.